The Labute approximate surface area is 114 Å². The molecule has 1 heterocycles. The van der Waals surface area contributed by atoms with E-state index >= 15 is 0 Å². The van der Waals surface area contributed by atoms with Crippen LogP contribution in [0.3, 0.4) is 0 Å². The van der Waals surface area contributed by atoms with Gasteiger partial charge in [0.2, 0.25) is 0 Å². The smallest absolute Gasteiger partial charge is 0.264 e. The van der Waals surface area contributed by atoms with Gasteiger partial charge in [-0.3, -0.25) is 4.79 Å². The van der Waals surface area contributed by atoms with Crippen LogP contribution in [0.2, 0.25) is 4.34 Å². The largest absolute Gasteiger partial charge is 0.508 e. The molecule has 18 heavy (non-hydrogen) atoms. The second-order valence-corrected chi connectivity index (χ2v) is 5.65. The Hall–Kier alpha value is -1.52. The van der Waals surface area contributed by atoms with Crippen LogP contribution in [0.15, 0.2) is 36.4 Å². The molecule has 0 aliphatic carbocycles. The van der Waals surface area contributed by atoms with Gasteiger partial charge in [-0.15, -0.1) is 11.3 Å². The van der Waals surface area contributed by atoms with Gasteiger partial charge in [-0.05, 0) is 29.8 Å². The highest BCUT2D eigenvalue weighted by molar-refractivity contribution is 7.17. The molecule has 5 heteroatoms. The molecular weight excluding hydrogens is 270 g/mol. The molecule has 0 fully saturated rings. The number of thiophene rings is 1. The zero-order valence-electron chi connectivity index (χ0n) is 9.76. The van der Waals surface area contributed by atoms with Crippen LogP contribution in [0.5, 0.6) is 5.75 Å². The molecule has 1 aromatic carbocycles. The third kappa shape index (κ3) is 3.03. The van der Waals surface area contributed by atoms with Crippen LogP contribution in [-0.2, 0) is 6.54 Å². The van der Waals surface area contributed by atoms with Gasteiger partial charge in [0.1, 0.15) is 5.75 Å². The molecule has 1 N–H and O–H groups in total. The Kier molecular flexibility index (Phi) is 3.89. The summed E-state index contributed by atoms with van der Waals surface area (Å²) in [5, 5.41) is 9.19. The second kappa shape index (κ2) is 5.42. The topological polar surface area (TPSA) is 40.5 Å². The van der Waals surface area contributed by atoms with E-state index in [2.05, 4.69) is 0 Å². The zero-order valence-corrected chi connectivity index (χ0v) is 11.3. The van der Waals surface area contributed by atoms with E-state index in [1.807, 2.05) is 0 Å². The van der Waals surface area contributed by atoms with Crippen LogP contribution < -0.4 is 0 Å². The zero-order chi connectivity index (χ0) is 13.1. The predicted molar refractivity (Wildman–Crippen MR) is 73.2 cm³/mol. The maximum atomic E-state index is 12.1. The molecule has 0 radical (unpaired) electrons. The summed E-state index contributed by atoms with van der Waals surface area (Å²) < 4.78 is 0.608. The number of carbonyl (C=O) groups excluding carboxylic acids is 1. The second-order valence-electron chi connectivity index (χ2n) is 3.93. The molecule has 0 aliphatic heterocycles. The third-order valence-electron chi connectivity index (χ3n) is 2.49. The first-order valence-electron chi connectivity index (χ1n) is 5.35. The van der Waals surface area contributed by atoms with E-state index in [1.165, 1.54) is 11.3 Å². The average Bonchev–Trinajstić information content (AvgIpc) is 2.78. The number of phenolic OH excluding ortho intramolecular Hbond substituents is 1. The van der Waals surface area contributed by atoms with E-state index in [4.69, 9.17) is 11.6 Å². The fourth-order valence-electron chi connectivity index (χ4n) is 1.56. The van der Waals surface area contributed by atoms with E-state index in [0.29, 0.717) is 15.8 Å². The summed E-state index contributed by atoms with van der Waals surface area (Å²) >= 11 is 7.08. The number of phenols is 1. The van der Waals surface area contributed by atoms with Crippen LogP contribution in [-0.4, -0.2) is 23.0 Å². The summed E-state index contributed by atoms with van der Waals surface area (Å²) in [6.07, 6.45) is 0. The van der Waals surface area contributed by atoms with Gasteiger partial charge < -0.3 is 10.0 Å². The van der Waals surface area contributed by atoms with Gasteiger partial charge in [0.05, 0.1) is 9.21 Å². The van der Waals surface area contributed by atoms with Gasteiger partial charge in [0.15, 0.2) is 0 Å². The maximum Gasteiger partial charge on any atom is 0.264 e. The minimum absolute atomic E-state index is 0.0556. The van der Waals surface area contributed by atoms with Gasteiger partial charge in [-0.2, -0.15) is 0 Å². The van der Waals surface area contributed by atoms with Crippen LogP contribution in [0.1, 0.15) is 15.2 Å². The number of hydrogen-bond donors (Lipinski definition) is 1. The molecule has 0 saturated heterocycles. The summed E-state index contributed by atoms with van der Waals surface area (Å²) in [6, 6.07) is 10.2. The number of carbonyl (C=O) groups is 1. The highest BCUT2D eigenvalue weighted by Gasteiger charge is 2.14. The van der Waals surface area contributed by atoms with Crippen molar-refractivity contribution in [1.29, 1.82) is 0 Å². The first-order valence-corrected chi connectivity index (χ1v) is 6.54. The lowest BCUT2D eigenvalue weighted by atomic mass is 10.2. The summed E-state index contributed by atoms with van der Waals surface area (Å²) in [7, 11) is 1.74. The molecule has 0 aliphatic rings. The van der Waals surface area contributed by atoms with E-state index in [9.17, 15) is 9.90 Å². The lowest BCUT2D eigenvalue weighted by molar-refractivity contribution is 0.0790. The average molecular weight is 282 g/mol. The van der Waals surface area contributed by atoms with Crippen molar-refractivity contribution in [2.45, 2.75) is 6.54 Å². The van der Waals surface area contributed by atoms with Gasteiger partial charge in [-0.25, -0.2) is 0 Å². The minimum Gasteiger partial charge on any atom is -0.508 e. The molecule has 94 valence electrons. The van der Waals surface area contributed by atoms with Crippen LogP contribution in [0.4, 0.5) is 0 Å². The van der Waals surface area contributed by atoms with Gasteiger partial charge in [-0.1, -0.05) is 23.7 Å². The van der Waals surface area contributed by atoms with Crippen molar-refractivity contribution in [3.8, 4) is 5.75 Å². The lowest BCUT2D eigenvalue weighted by Crippen LogP contribution is -2.25. The number of rotatable bonds is 3. The molecule has 0 spiro atoms. The molecule has 2 rings (SSSR count). The summed E-state index contributed by atoms with van der Waals surface area (Å²) in [5.41, 5.74) is 0.964. The number of nitrogens with zero attached hydrogens (tertiary/aromatic N) is 1. The van der Waals surface area contributed by atoms with Gasteiger partial charge in [0.25, 0.3) is 5.91 Å². The van der Waals surface area contributed by atoms with Gasteiger partial charge in [0, 0.05) is 13.6 Å². The quantitative estimate of drug-likeness (QED) is 0.937. The SMILES string of the molecule is CN(Cc1ccc(O)cc1)C(=O)c1ccc(Cl)s1. The Balaban J connectivity index is 2.05. The summed E-state index contributed by atoms with van der Waals surface area (Å²) in [4.78, 5) is 14.3. The van der Waals surface area contributed by atoms with E-state index in [0.717, 1.165) is 5.56 Å². The number of hydrogen-bond acceptors (Lipinski definition) is 3. The Morgan fingerprint density at radius 3 is 2.50 bits per heavy atom. The molecule has 0 unspecified atom stereocenters. The van der Waals surface area contributed by atoms with Crippen molar-refractivity contribution in [1.82, 2.24) is 4.90 Å². The molecule has 0 bridgehead atoms. The van der Waals surface area contributed by atoms with Crippen LogP contribution in [0, 0.1) is 0 Å². The van der Waals surface area contributed by atoms with Crippen molar-refractivity contribution in [2.75, 3.05) is 7.05 Å². The normalized spacial score (nSPS) is 10.3. The van der Waals surface area contributed by atoms with Crippen LogP contribution >= 0.6 is 22.9 Å². The van der Waals surface area contributed by atoms with Crippen molar-refractivity contribution in [3.05, 3.63) is 51.2 Å². The van der Waals surface area contributed by atoms with Crippen molar-refractivity contribution in [2.24, 2.45) is 0 Å². The number of halogens is 1. The molecule has 2 aromatic rings. The Morgan fingerprint density at radius 1 is 1.28 bits per heavy atom. The summed E-state index contributed by atoms with van der Waals surface area (Å²) in [5.74, 6) is 0.165. The van der Waals surface area contributed by atoms with E-state index < -0.39 is 0 Å². The van der Waals surface area contributed by atoms with Crippen molar-refractivity contribution in [3.63, 3.8) is 0 Å². The number of amides is 1. The third-order valence-corrected chi connectivity index (χ3v) is 3.71. The van der Waals surface area contributed by atoms with E-state index in [-0.39, 0.29) is 11.7 Å². The predicted octanol–water partition coefficient (Wildman–Crippen LogP) is 3.38. The standard InChI is InChI=1S/C13H12ClNO2S/c1-15(8-9-2-4-10(16)5-3-9)13(17)11-6-7-12(14)18-11/h2-7,16H,8H2,1H3. The fourth-order valence-corrected chi connectivity index (χ4v) is 2.60. The molecule has 1 amide bonds. The monoisotopic (exact) mass is 281 g/mol. The van der Waals surface area contributed by atoms with E-state index in [1.54, 1.807) is 48.3 Å². The van der Waals surface area contributed by atoms with Crippen molar-refractivity contribution < 1.29 is 9.90 Å². The minimum atomic E-state index is -0.0556. The molecule has 0 saturated carbocycles. The highest BCUT2D eigenvalue weighted by atomic mass is 35.5. The molecular formula is C13H12ClNO2S. The van der Waals surface area contributed by atoms with Gasteiger partial charge >= 0.3 is 0 Å². The molecule has 0 atom stereocenters. The Morgan fingerprint density at radius 2 is 1.94 bits per heavy atom. The van der Waals surface area contributed by atoms with Crippen LogP contribution in [0.25, 0.3) is 0 Å². The molecule has 3 nitrogen and oxygen atoms in total. The first-order chi connectivity index (χ1) is 8.56. The highest BCUT2D eigenvalue weighted by Crippen LogP contribution is 2.23. The number of benzene rings is 1. The Bertz CT molecular complexity index is 550. The van der Waals surface area contributed by atoms with Crippen molar-refractivity contribution >= 4 is 28.8 Å². The first kappa shape index (κ1) is 12.9. The lowest BCUT2D eigenvalue weighted by Gasteiger charge is -2.16. The molecule has 1 aromatic heterocycles. The maximum absolute atomic E-state index is 12.1. The fraction of sp³-hybridized carbons (Fsp3) is 0.154. The number of aromatic hydroxyl groups is 1. The summed E-state index contributed by atoms with van der Waals surface area (Å²) in [6.45, 7) is 0.495.